The van der Waals surface area contributed by atoms with Crippen LogP contribution in [0.25, 0.3) is 10.9 Å². The quantitative estimate of drug-likeness (QED) is 0.436. The number of anilines is 4. The predicted octanol–water partition coefficient (Wildman–Crippen LogP) is 3.44. The number of rotatable bonds is 7. The largest absolute Gasteiger partial charge is 0.481 e. The number of nitrogens with zero attached hydrogens (tertiary/aromatic N) is 7. The Morgan fingerprint density at radius 3 is 2.51 bits per heavy atom. The van der Waals surface area contributed by atoms with Gasteiger partial charge in [-0.1, -0.05) is 0 Å². The van der Waals surface area contributed by atoms with Crippen LogP contribution in [0.15, 0.2) is 24.5 Å². The molecule has 2 aliphatic rings. The normalized spacial score (nSPS) is 18.4. The van der Waals surface area contributed by atoms with Crippen LogP contribution in [0.1, 0.15) is 53.5 Å². The van der Waals surface area contributed by atoms with Crippen LogP contribution in [-0.2, 0) is 4.79 Å². The molecular weight excluding hydrogens is 472 g/mol. The third kappa shape index (κ3) is 4.79. The lowest BCUT2D eigenvalue weighted by Crippen LogP contribution is -2.55. The Bertz CT molecular complexity index is 1300. The molecule has 0 radical (unpaired) electrons. The van der Waals surface area contributed by atoms with Crippen molar-refractivity contribution in [3.05, 3.63) is 24.5 Å². The molecule has 0 aromatic carbocycles. The molecule has 0 spiro atoms. The van der Waals surface area contributed by atoms with E-state index in [2.05, 4.69) is 43.9 Å². The Morgan fingerprint density at radius 2 is 1.86 bits per heavy atom. The lowest BCUT2D eigenvalue weighted by Gasteiger charge is -2.46. The standard InChI is InChI=1S/C26H36N8O3/c1-16(2)34-19-12-21(29-20-6-9-27-24(30-20)32-10-7-26(5,37)8-11-32)28-13-18(19)22(31-34)33-14-17(15-33)25(3,4)23(35)36/h6,9,12-13,16-17,37H,7-8,10-11,14-15H2,1-5H3,(H,35,36)(H,27,28,29,30). The first-order chi connectivity index (χ1) is 17.4. The lowest BCUT2D eigenvalue weighted by molar-refractivity contribution is -0.150. The number of aliphatic hydroxyl groups is 1. The summed E-state index contributed by atoms with van der Waals surface area (Å²) in [5, 5.41) is 28.9. The van der Waals surface area contributed by atoms with Crippen LogP contribution in [-0.4, -0.2) is 72.7 Å². The van der Waals surface area contributed by atoms with Crippen molar-refractivity contribution in [2.24, 2.45) is 11.3 Å². The van der Waals surface area contributed by atoms with Gasteiger partial charge in [-0.3, -0.25) is 9.48 Å². The minimum atomic E-state index is -0.773. The fraction of sp³-hybridized carbons (Fsp3) is 0.577. The van der Waals surface area contributed by atoms with Gasteiger partial charge in [-0.05, 0) is 53.5 Å². The fourth-order valence-electron chi connectivity index (χ4n) is 4.88. The Hall–Kier alpha value is -3.47. The molecule has 11 heteroatoms. The van der Waals surface area contributed by atoms with E-state index in [1.807, 2.05) is 29.9 Å². The van der Waals surface area contributed by atoms with Crippen LogP contribution in [0.3, 0.4) is 0 Å². The highest BCUT2D eigenvalue weighted by molar-refractivity contribution is 5.92. The van der Waals surface area contributed by atoms with E-state index in [-0.39, 0.29) is 12.0 Å². The first-order valence-corrected chi connectivity index (χ1v) is 12.9. The van der Waals surface area contributed by atoms with E-state index < -0.39 is 17.0 Å². The van der Waals surface area contributed by atoms with E-state index in [4.69, 9.17) is 5.10 Å². The second-order valence-corrected chi connectivity index (χ2v) is 11.4. The number of carboxylic acids is 1. The highest BCUT2D eigenvalue weighted by Crippen LogP contribution is 2.39. The summed E-state index contributed by atoms with van der Waals surface area (Å²) in [5.41, 5.74) is -0.450. The number of fused-ring (bicyclic) bond motifs is 1. The topological polar surface area (TPSA) is 133 Å². The van der Waals surface area contributed by atoms with Crippen LogP contribution >= 0.6 is 0 Å². The predicted molar refractivity (Wildman–Crippen MR) is 142 cm³/mol. The summed E-state index contributed by atoms with van der Waals surface area (Å²) in [7, 11) is 0. The smallest absolute Gasteiger partial charge is 0.309 e. The van der Waals surface area contributed by atoms with Crippen LogP contribution in [0, 0.1) is 11.3 Å². The van der Waals surface area contributed by atoms with Crippen LogP contribution < -0.4 is 15.1 Å². The zero-order chi connectivity index (χ0) is 26.5. The van der Waals surface area contributed by atoms with E-state index >= 15 is 0 Å². The molecule has 0 saturated carbocycles. The molecule has 0 bridgehead atoms. The van der Waals surface area contributed by atoms with E-state index in [1.54, 1.807) is 20.0 Å². The number of pyridine rings is 1. The summed E-state index contributed by atoms with van der Waals surface area (Å²) in [6, 6.07) is 3.93. The van der Waals surface area contributed by atoms with E-state index in [0.29, 0.717) is 56.6 Å². The second kappa shape index (κ2) is 9.13. The van der Waals surface area contributed by atoms with Gasteiger partial charge in [-0.25, -0.2) is 9.97 Å². The Kier molecular flexibility index (Phi) is 6.21. The van der Waals surface area contributed by atoms with Crippen molar-refractivity contribution in [1.82, 2.24) is 24.7 Å². The molecule has 2 aliphatic heterocycles. The number of aromatic nitrogens is 5. The molecule has 2 fully saturated rings. The van der Waals surface area contributed by atoms with Crippen LogP contribution in [0.5, 0.6) is 0 Å². The molecule has 3 aromatic heterocycles. The number of carboxylic acid groups (broad SMARTS) is 1. The molecule has 0 aliphatic carbocycles. The third-order valence-corrected chi connectivity index (χ3v) is 7.84. The summed E-state index contributed by atoms with van der Waals surface area (Å²) >= 11 is 0. The van der Waals surface area contributed by atoms with Crippen LogP contribution in [0.2, 0.25) is 0 Å². The number of piperidine rings is 1. The molecule has 5 rings (SSSR count). The number of nitrogens with one attached hydrogen (secondary N) is 1. The zero-order valence-corrected chi connectivity index (χ0v) is 22.1. The van der Waals surface area contributed by atoms with Gasteiger partial charge in [0.25, 0.3) is 0 Å². The summed E-state index contributed by atoms with van der Waals surface area (Å²) in [6.07, 6.45) is 4.91. The molecule has 0 atom stereocenters. The van der Waals surface area contributed by atoms with Gasteiger partial charge in [0.15, 0.2) is 5.82 Å². The summed E-state index contributed by atoms with van der Waals surface area (Å²) in [6.45, 7) is 12.3. The summed E-state index contributed by atoms with van der Waals surface area (Å²) < 4.78 is 1.98. The SMILES string of the molecule is CC(C)n1nc(N2CC(C(C)(C)C(=O)O)C2)c2cnc(Nc3ccnc(N4CCC(C)(O)CC4)n3)cc21. The molecule has 0 amide bonds. The molecular formula is C26H36N8O3. The third-order valence-electron chi connectivity index (χ3n) is 7.84. The Balaban J connectivity index is 1.36. The fourth-order valence-corrected chi connectivity index (χ4v) is 4.88. The highest BCUT2D eigenvalue weighted by atomic mass is 16.4. The minimum Gasteiger partial charge on any atom is -0.481 e. The first-order valence-electron chi connectivity index (χ1n) is 12.9. The number of aliphatic carboxylic acids is 1. The summed E-state index contributed by atoms with van der Waals surface area (Å²) in [5.74, 6) is 2.06. The molecule has 11 nitrogen and oxygen atoms in total. The van der Waals surface area contributed by atoms with Gasteiger partial charge in [0.2, 0.25) is 5.95 Å². The van der Waals surface area contributed by atoms with Gasteiger partial charge in [0, 0.05) is 56.6 Å². The Morgan fingerprint density at radius 1 is 1.16 bits per heavy atom. The van der Waals surface area contributed by atoms with Crippen LogP contribution in [0.4, 0.5) is 23.4 Å². The van der Waals surface area contributed by atoms with E-state index in [1.165, 1.54) is 0 Å². The van der Waals surface area contributed by atoms with Crippen molar-refractivity contribution >= 4 is 40.3 Å². The maximum atomic E-state index is 11.7. The van der Waals surface area contributed by atoms with Crippen molar-refractivity contribution in [2.45, 2.75) is 59.1 Å². The molecule has 37 heavy (non-hydrogen) atoms. The maximum absolute atomic E-state index is 11.7. The molecule has 5 heterocycles. The van der Waals surface area contributed by atoms with Gasteiger partial charge in [0.1, 0.15) is 11.6 Å². The van der Waals surface area contributed by atoms with Crippen molar-refractivity contribution in [3.8, 4) is 0 Å². The van der Waals surface area contributed by atoms with E-state index in [9.17, 15) is 15.0 Å². The van der Waals surface area contributed by atoms with Crippen molar-refractivity contribution in [1.29, 1.82) is 0 Å². The summed E-state index contributed by atoms with van der Waals surface area (Å²) in [4.78, 5) is 29.6. The molecule has 3 aromatic rings. The van der Waals surface area contributed by atoms with Gasteiger partial charge in [-0.15, -0.1) is 0 Å². The van der Waals surface area contributed by atoms with Crippen molar-refractivity contribution in [3.63, 3.8) is 0 Å². The minimum absolute atomic E-state index is 0.0659. The van der Waals surface area contributed by atoms with Crippen molar-refractivity contribution < 1.29 is 15.0 Å². The Labute approximate surface area is 216 Å². The zero-order valence-electron chi connectivity index (χ0n) is 22.1. The molecule has 2 saturated heterocycles. The lowest BCUT2D eigenvalue weighted by atomic mass is 9.74. The average Bonchev–Trinajstić information content (AvgIpc) is 3.17. The maximum Gasteiger partial charge on any atom is 0.309 e. The molecule has 3 N–H and O–H groups in total. The van der Waals surface area contributed by atoms with Gasteiger partial charge in [-0.2, -0.15) is 10.1 Å². The average molecular weight is 509 g/mol. The van der Waals surface area contributed by atoms with Gasteiger partial charge >= 0.3 is 5.97 Å². The monoisotopic (exact) mass is 508 g/mol. The number of carbonyl (C=O) groups is 1. The van der Waals surface area contributed by atoms with Gasteiger partial charge in [0.05, 0.1) is 21.9 Å². The van der Waals surface area contributed by atoms with Gasteiger partial charge < -0.3 is 25.3 Å². The number of hydrogen-bond donors (Lipinski definition) is 3. The highest BCUT2D eigenvalue weighted by Gasteiger charge is 2.45. The first kappa shape index (κ1) is 25.2. The molecule has 198 valence electrons. The second-order valence-electron chi connectivity index (χ2n) is 11.4. The van der Waals surface area contributed by atoms with E-state index in [0.717, 1.165) is 16.7 Å². The molecule has 0 unspecified atom stereocenters. The number of hydrogen-bond acceptors (Lipinski definition) is 9. The van der Waals surface area contributed by atoms with Crippen molar-refractivity contribution in [2.75, 3.05) is 41.3 Å².